The van der Waals surface area contributed by atoms with Gasteiger partial charge >= 0.3 is 0 Å². The van der Waals surface area contributed by atoms with E-state index in [2.05, 4.69) is 11.4 Å². The van der Waals surface area contributed by atoms with Crippen molar-refractivity contribution in [3.05, 3.63) is 33.3 Å². The van der Waals surface area contributed by atoms with Gasteiger partial charge < -0.3 is 15.0 Å². The van der Waals surface area contributed by atoms with Gasteiger partial charge in [-0.25, -0.2) is 0 Å². The second-order valence-corrected chi connectivity index (χ2v) is 7.88. The van der Waals surface area contributed by atoms with Crippen molar-refractivity contribution in [1.29, 1.82) is 0 Å². The minimum absolute atomic E-state index is 0.0766. The zero-order chi connectivity index (χ0) is 18.0. The molecule has 1 aromatic rings. The number of amides is 1. The molecule has 0 spiro atoms. The van der Waals surface area contributed by atoms with Crippen LogP contribution in [-0.4, -0.2) is 43.1 Å². The number of nitrogens with zero attached hydrogens (tertiary/aromatic N) is 1. The average Bonchev–Trinajstić information content (AvgIpc) is 2.59. The van der Waals surface area contributed by atoms with Crippen molar-refractivity contribution in [3.8, 4) is 5.75 Å². The van der Waals surface area contributed by atoms with E-state index in [0.29, 0.717) is 28.4 Å². The molecule has 1 aromatic carbocycles. The zero-order valence-corrected chi connectivity index (χ0v) is 16.2. The van der Waals surface area contributed by atoms with Crippen LogP contribution in [-0.2, 0) is 4.79 Å². The molecule has 1 amide bonds. The molecule has 0 radical (unpaired) electrons. The molecule has 25 heavy (non-hydrogen) atoms. The summed E-state index contributed by atoms with van der Waals surface area (Å²) in [6, 6.07) is 4.00. The minimum Gasteiger partial charge on any atom is -0.487 e. The van der Waals surface area contributed by atoms with E-state index in [-0.39, 0.29) is 11.8 Å². The molecule has 0 atom stereocenters. The largest absolute Gasteiger partial charge is 0.487 e. The van der Waals surface area contributed by atoms with Crippen molar-refractivity contribution < 1.29 is 9.53 Å². The summed E-state index contributed by atoms with van der Waals surface area (Å²) < 4.78 is 5.78. The molecule has 136 valence electrons. The van der Waals surface area contributed by atoms with Gasteiger partial charge in [0.25, 0.3) is 0 Å². The van der Waals surface area contributed by atoms with E-state index in [1.165, 1.54) is 5.57 Å². The molecular weight excluding hydrogens is 359 g/mol. The fourth-order valence-corrected chi connectivity index (χ4v) is 3.88. The summed E-state index contributed by atoms with van der Waals surface area (Å²) in [5.74, 6) is 1.04. The first-order valence-corrected chi connectivity index (χ1v) is 9.53. The van der Waals surface area contributed by atoms with Crippen LogP contribution in [0.15, 0.2) is 17.7 Å². The molecule has 6 heteroatoms. The van der Waals surface area contributed by atoms with E-state index in [1.807, 2.05) is 24.8 Å². The maximum atomic E-state index is 12.0. The van der Waals surface area contributed by atoms with Gasteiger partial charge in [-0.15, -0.1) is 0 Å². The number of hydrogen-bond donors (Lipinski definition) is 1. The van der Waals surface area contributed by atoms with Gasteiger partial charge in [0, 0.05) is 42.2 Å². The zero-order valence-electron chi connectivity index (χ0n) is 14.6. The van der Waals surface area contributed by atoms with Crippen LogP contribution < -0.4 is 10.1 Å². The molecule has 2 aliphatic heterocycles. The summed E-state index contributed by atoms with van der Waals surface area (Å²) in [7, 11) is 0. The van der Waals surface area contributed by atoms with Crippen LogP contribution in [0.4, 0.5) is 0 Å². The first-order valence-electron chi connectivity index (χ1n) is 8.77. The molecule has 2 aliphatic rings. The lowest BCUT2D eigenvalue weighted by molar-refractivity contribution is -0.135. The lowest BCUT2D eigenvalue weighted by Crippen LogP contribution is -2.46. The van der Waals surface area contributed by atoms with Crippen LogP contribution in [0.5, 0.6) is 5.75 Å². The van der Waals surface area contributed by atoms with E-state index >= 15 is 0 Å². The van der Waals surface area contributed by atoms with Gasteiger partial charge in [0.15, 0.2) is 0 Å². The van der Waals surface area contributed by atoms with Gasteiger partial charge in [-0.1, -0.05) is 37.0 Å². The molecule has 1 fully saturated rings. The first kappa shape index (κ1) is 18.6. The smallest absolute Gasteiger partial charge is 0.225 e. The summed E-state index contributed by atoms with van der Waals surface area (Å²) in [6.07, 6.45) is 4.07. The third kappa shape index (κ3) is 4.49. The van der Waals surface area contributed by atoms with Crippen LogP contribution in [0.1, 0.15) is 32.3 Å². The van der Waals surface area contributed by atoms with Crippen LogP contribution in [0, 0.1) is 5.92 Å². The summed E-state index contributed by atoms with van der Waals surface area (Å²) in [6.45, 7) is 6.88. The lowest BCUT2D eigenvalue weighted by atomic mass is 10.0. The fourth-order valence-electron chi connectivity index (χ4n) is 3.31. The van der Waals surface area contributed by atoms with Crippen molar-refractivity contribution in [2.24, 2.45) is 5.92 Å². The Bertz CT molecular complexity index is 680. The molecule has 1 N–H and O–H groups in total. The Morgan fingerprint density at radius 1 is 1.32 bits per heavy atom. The van der Waals surface area contributed by atoms with Gasteiger partial charge in [0.1, 0.15) is 12.4 Å². The number of carbonyl (C=O) groups is 1. The maximum Gasteiger partial charge on any atom is 0.225 e. The molecule has 0 aromatic heterocycles. The highest BCUT2D eigenvalue weighted by atomic mass is 35.5. The van der Waals surface area contributed by atoms with E-state index in [9.17, 15) is 4.79 Å². The number of likely N-dealkylation sites (tertiary alicyclic amines) is 1. The van der Waals surface area contributed by atoms with E-state index in [4.69, 9.17) is 27.9 Å². The van der Waals surface area contributed by atoms with E-state index in [1.54, 1.807) is 6.07 Å². The Hall–Kier alpha value is -1.23. The number of fused-ring (bicyclic) bond motifs is 1. The SMILES string of the molecule is CC(C)C(=O)N1CCC(NCC2=Cc3cc(Cl)cc(Cl)c3OC2)CC1. The Kier molecular flexibility index (Phi) is 5.92. The highest BCUT2D eigenvalue weighted by Gasteiger charge is 2.24. The van der Waals surface area contributed by atoms with Crippen LogP contribution in [0.3, 0.4) is 0 Å². The summed E-state index contributed by atoms with van der Waals surface area (Å²) >= 11 is 12.2. The van der Waals surface area contributed by atoms with Crippen LogP contribution in [0.2, 0.25) is 10.0 Å². The van der Waals surface area contributed by atoms with Gasteiger partial charge in [0.2, 0.25) is 5.91 Å². The monoisotopic (exact) mass is 382 g/mol. The molecule has 0 unspecified atom stereocenters. The summed E-state index contributed by atoms with van der Waals surface area (Å²) in [5, 5.41) is 4.75. The molecule has 0 bridgehead atoms. The first-order chi connectivity index (χ1) is 11.9. The number of nitrogens with one attached hydrogen (secondary N) is 1. The van der Waals surface area contributed by atoms with Crippen molar-refractivity contribution >= 4 is 35.2 Å². The number of benzene rings is 1. The van der Waals surface area contributed by atoms with Gasteiger partial charge in [-0.2, -0.15) is 0 Å². The standard InChI is InChI=1S/C19H24Cl2N2O2/c1-12(2)19(24)23-5-3-16(4-6-23)22-10-13-7-14-8-15(20)9-17(21)18(14)25-11-13/h7-9,12,16,22H,3-6,10-11H2,1-2H3. The number of halogens is 2. The van der Waals surface area contributed by atoms with Crippen molar-refractivity contribution in [2.45, 2.75) is 32.7 Å². The normalized spacial score (nSPS) is 18.0. The van der Waals surface area contributed by atoms with Crippen molar-refractivity contribution in [1.82, 2.24) is 10.2 Å². The van der Waals surface area contributed by atoms with Crippen molar-refractivity contribution in [3.63, 3.8) is 0 Å². The highest BCUT2D eigenvalue weighted by molar-refractivity contribution is 6.36. The molecule has 2 heterocycles. The second kappa shape index (κ2) is 7.98. The van der Waals surface area contributed by atoms with Gasteiger partial charge in [-0.3, -0.25) is 4.79 Å². The molecule has 0 saturated carbocycles. The van der Waals surface area contributed by atoms with Crippen molar-refractivity contribution in [2.75, 3.05) is 26.2 Å². The Balaban J connectivity index is 1.53. The van der Waals surface area contributed by atoms with E-state index < -0.39 is 0 Å². The molecule has 4 nitrogen and oxygen atoms in total. The number of hydrogen-bond acceptors (Lipinski definition) is 3. The second-order valence-electron chi connectivity index (χ2n) is 7.03. The molecule has 3 rings (SSSR count). The number of ether oxygens (including phenoxy) is 1. The minimum atomic E-state index is 0.0766. The number of piperidine rings is 1. The lowest BCUT2D eigenvalue weighted by Gasteiger charge is -2.34. The highest BCUT2D eigenvalue weighted by Crippen LogP contribution is 2.36. The Labute approximate surface area is 159 Å². The molecule has 1 saturated heterocycles. The summed E-state index contributed by atoms with van der Waals surface area (Å²) in [4.78, 5) is 14.0. The fraction of sp³-hybridized carbons (Fsp3) is 0.526. The number of carbonyl (C=O) groups excluding carboxylic acids is 1. The van der Waals surface area contributed by atoms with Gasteiger partial charge in [-0.05, 0) is 36.6 Å². The predicted octanol–water partition coefficient (Wildman–Crippen LogP) is 4.01. The third-order valence-corrected chi connectivity index (χ3v) is 5.22. The average molecular weight is 383 g/mol. The van der Waals surface area contributed by atoms with Crippen LogP contribution in [0.25, 0.3) is 6.08 Å². The van der Waals surface area contributed by atoms with Gasteiger partial charge in [0.05, 0.1) is 5.02 Å². The maximum absolute atomic E-state index is 12.0. The quantitative estimate of drug-likeness (QED) is 0.855. The Morgan fingerprint density at radius 2 is 2.04 bits per heavy atom. The topological polar surface area (TPSA) is 41.6 Å². The van der Waals surface area contributed by atoms with Crippen LogP contribution >= 0.6 is 23.2 Å². The predicted molar refractivity (Wildman–Crippen MR) is 102 cm³/mol. The van der Waals surface area contributed by atoms with E-state index in [0.717, 1.165) is 38.0 Å². The molecule has 0 aliphatic carbocycles. The Morgan fingerprint density at radius 3 is 2.72 bits per heavy atom. The third-order valence-electron chi connectivity index (χ3n) is 4.72. The number of rotatable bonds is 4. The molecular formula is C19H24Cl2N2O2. The summed E-state index contributed by atoms with van der Waals surface area (Å²) in [5.41, 5.74) is 2.10.